The van der Waals surface area contributed by atoms with Crippen LogP contribution in [0.1, 0.15) is 27.6 Å². The lowest BCUT2D eigenvalue weighted by Crippen LogP contribution is -2.12. The van der Waals surface area contributed by atoms with E-state index in [1.165, 1.54) is 6.92 Å². The first-order valence-electron chi connectivity index (χ1n) is 6.30. The van der Waals surface area contributed by atoms with Gasteiger partial charge in [-0.1, -0.05) is 12.1 Å². The van der Waals surface area contributed by atoms with E-state index in [2.05, 4.69) is 10.6 Å². The third-order valence-corrected chi connectivity index (χ3v) is 2.99. The second kappa shape index (κ2) is 6.02. The van der Waals surface area contributed by atoms with Gasteiger partial charge in [0.05, 0.1) is 0 Å². The Labute approximate surface area is 117 Å². The molecule has 0 heterocycles. The number of Topliss-reactive ketones (excluding diaryl/α,β-unsaturated/α-hetero) is 1. The van der Waals surface area contributed by atoms with Crippen LogP contribution in [0.2, 0.25) is 0 Å². The Balaban J connectivity index is 2.08. The van der Waals surface area contributed by atoms with E-state index in [0.29, 0.717) is 11.1 Å². The second-order valence-electron chi connectivity index (χ2n) is 4.42. The predicted octanol–water partition coefficient (Wildman–Crippen LogP) is 3.18. The van der Waals surface area contributed by atoms with E-state index < -0.39 is 0 Å². The van der Waals surface area contributed by atoms with E-state index in [1.807, 2.05) is 31.3 Å². The molecule has 0 aromatic heterocycles. The highest BCUT2D eigenvalue weighted by Crippen LogP contribution is 2.14. The third-order valence-electron chi connectivity index (χ3n) is 2.99. The van der Waals surface area contributed by atoms with Crippen molar-refractivity contribution in [2.45, 2.75) is 6.92 Å². The number of amides is 1. The molecule has 2 aromatic rings. The lowest BCUT2D eigenvalue weighted by Gasteiger charge is -2.07. The fourth-order valence-electron chi connectivity index (χ4n) is 1.78. The topological polar surface area (TPSA) is 58.2 Å². The molecule has 0 saturated heterocycles. The van der Waals surface area contributed by atoms with Gasteiger partial charge >= 0.3 is 0 Å². The Morgan fingerprint density at radius 3 is 1.80 bits per heavy atom. The molecule has 4 heteroatoms. The van der Waals surface area contributed by atoms with Crippen LogP contribution in [0.3, 0.4) is 0 Å². The van der Waals surface area contributed by atoms with Gasteiger partial charge in [0.1, 0.15) is 0 Å². The van der Waals surface area contributed by atoms with Gasteiger partial charge in [-0.25, -0.2) is 0 Å². The van der Waals surface area contributed by atoms with Crippen molar-refractivity contribution in [3.05, 3.63) is 59.7 Å². The molecule has 2 N–H and O–H groups in total. The van der Waals surface area contributed by atoms with E-state index in [-0.39, 0.29) is 11.7 Å². The number of carbonyl (C=O) groups is 2. The van der Waals surface area contributed by atoms with Crippen LogP contribution in [0.5, 0.6) is 0 Å². The Morgan fingerprint density at radius 2 is 1.30 bits per heavy atom. The minimum absolute atomic E-state index is 0.0142. The number of carbonyl (C=O) groups excluding carboxylic acids is 2. The molecule has 20 heavy (non-hydrogen) atoms. The van der Waals surface area contributed by atoms with E-state index >= 15 is 0 Å². The molecule has 4 nitrogen and oxygen atoms in total. The summed E-state index contributed by atoms with van der Waals surface area (Å²) in [7, 11) is 1.84. The van der Waals surface area contributed by atoms with E-state index in [9.17, 15) is 9.59 Å². The Bertz CT molecular complexity index is 616. The molecule has 0 saturated carbocycles. The highest BCUT2D eigenvalue weighted by atomic mass is 16.1. The highest BCUT2D eigenvalue weighted by Gasteiger charge is 2.07. The summed E-state index contributed by atoms with van der Waals surface area (Å²) in [4.78, 5) is 23.2. The van der Waals surface area contributed by atoms with Gasteiger partial charge in [-0.2, -0.15) is 0 Å². The summed E-state index contributed by atoms with van der Waals surface area (Å²) in [6.07, 6.45) is 0. The van der Waals surface area contributed by atoms with Gasteiger partial charge in [0.2, 0.25) is 0 Å². The number of hydrogen-bond donors (Lipinski definition) is 2. The summed E-state index contributed by atoms with van der Waals surface area (Å²) in [6.45, 7) is 1.50. The first kappa shape index (κ1) is 13.8. The summed E-state index contributed by atoms with van der Waals surface area (Å²) in [5.41, 5.74) is 2.83. The minimum atomic E-state index is -0.197. The number of nitrogens with one attached hydrogen (secondary N) is 2. The highest BCUT2D eigenvalue weighted by molar-refractivity contribution is 6.05. The Kier molecular flexibility index (Phi) is 4.15. The van der Waals surface area contributed by atoms with Gasteiger partial charge in [-0.15, -0.1) is 0 Å². The van der Waals surface area contributed by atoms with Crippen LogP contribution < -0.4 is 10.6 Å². The van der Waals surface area contributed by atoms with Crippen molar-refractivity contribution in [2.24, 2.45) is 0 Å². The van der Waals surface area contributed by atoms with Gasteiger partial charge in [0.15, 0.2) is 5.78 Å². The van der Waals surface area contributed by atoms with Crippen molar-refractivity contribution < 1.29 is 9.59 Å². The fourth-order valence-corrected chi connectivity index (χ4v) is 1.78. The van der Waals surface area contributed by atoms with Gasteiger partial charge in [0, 0.05) is 29.5 Å². The quantitative estimate of drug-likeness (QED) is 0.837. The summed E-state index contributed by atoms with van der Waals surface area (Å²) in [5, 5.41) is 5.82. The van der Waals surface area contributed by atoms with Gasteiger partial charge < -0.3 is 10.6 Å². The number of hydrogen-bond acceptors (Lipinski definition) is 3. The predicted molar refractivity (Wildman–Crippen MR) is 80.4 cm³/mol. The number of benzene rings is 2. The van der Waals surface area contributed by atoms with Crippen LogP contribution in [-0.4, -0.2) is 18.7 Å². The molecule has 0 atom stereocenters. The summed E-state index contributed by atoms with van der Waals surface area (Å²) >= 11 is 0. The molecule has 2 aromatic carbocycles. The number of anilines is 2. The van der Waals surface area contributed by atoms with Crippen molar-refractivity contribution in [3.63, 3.8) is 0 Å². The molecule has 0 aliphatic rings. The van der Waals surface area contributed by atoms with Crippen molar-refractivity contribution >= 4 is 23.1 Å². The molecule has 0 aliphatic carbocycles. The van der Waals surface area contributed by atoms with Gasteiger partial charge in [0.25, 0.3) is 5.91 Å². The lowest BCUT2D eigenvalue weighted by molar-refractivity contribution is 0.101. The average Bonchev–Trinajstić information content (AvgIpc) is 2.48. The maximum Gasteiger partial charge on any atom is 0.255 e. The minimum Gasteiger partial charge on any atom is -0.388 e. The zero-order valence-electron chi connectivity index (χ0n) is 11.4. The van der Waals surface area contributed by atoms with E-state index in [4.69, 9.17) is 0 Å². The molecule has 2 rings (SSSR count). The molecule has 1 amide bonds. The van der Waals surface area contributed by atoms with Crippen LogP contribution in [-0.2, 0) is 0 Å². The van der Waals surface area contributed by atoms with Crippen molar-refractivity contribution in [1.29, 1.82) is 0 Å². The van der Waals surface area contributed by atoms with E-state index in [1.54, 1.807) is 24.3 Å². The van der Waals surface area contributed by atoms with Crippen LogP contribution in [0.15, 0.2) is 48.5 Å². The van der Waals surface area contributed by atoms with Gasteiger partial charge in [-0.05, 0) is 43.3 Å². The maximum absolute atomic E-state index is 12.0. The summed E-state index contributed by atoms with van der Waals surface area (Å²) < 4.78 is 0. The standard InChI is InChI=1S/C16H16N2O2/c1-11(19)12-3-5-13(6-4-12)16(20)18-15-9-7-14(17-2)8-10-15/h3-10,17H,1-2H3,(H,18,20). The van der Waals surface area contributed by atoms with Crippen molar-refractivity contribution in [2.75, 3.05) is 17.7 Å². The Morgan fingerprint density at radius 1 is 0.800 bits per heavy atom. The molecule has 0 spiro atoms. The molecule has 0 fully saturated rings. The molecule has 0 aliphatic heterocycles. The number of ketones is 1. The van der Waals surface area contributed by atoms with Crippen LogP contribution in [0.25, 0.3) is 0 Å². The maximum atomic E-state index is 12.0. The molecule has 0 unspecified atom stereocenters. The fraction of sp³-hybridized carbons (Fsp3) is 0.125. The monoisotopic (exact) mass is 268 g/mol. The zero-order chi connectivity index (χ0) is 14.5. The second-order valence-corrected chi connectivity index (χ2v) is 4.42. The average molecular weight is 268 g/mol. The SMILES string of the molecule is CNc1ccc(NC(=O)c2ccc(C(C)=O)cc2)cc1. The lowest BCUT2D eigenvalue weighted by atomic mass is 10.1. The molecule has 0 bridgehead atoms. The summed E-state index contributed by atoms with van der Waals surface area (Å²) in [5.74, 6) is -0.211. The van der Waals surface area contributed by atoms with Gasteiger partial charge in [-0.3, -0.25) is 9.59 Å². The normalized spacial score (nSPS) is 9.90. The zero-order valence-corrected chi connectivity index (χ0v) is 11.4. The van der Waals surface area contributed by atoms with Crippen molar-refractivity contribution in [1.82, 2.24) is 0 Å². The molecular weight excluding hydrogens is 252 g/mol. The Hall–Kier alpha value is -2.62. The summed E-state index contributed by atoms with van der Waals surface area (Å²) in [6, 6.07) is 14.0. The van der Waals surface area contributed by atoms with Crippen molar-refractivity contribution in [3.8, 4) is 0 Å². The van der Waals surface area contributed by atoms with Crippen LogP contribution >= 0.6 is 0 Å². The largest absolute Gasteiger partial charge is 0.388 e. The first-order chi connectivity index (χ1) is 9.60. The molecule has 0 radical (unpaired) electrons. The molecule has 102 valence electrons. The van der Waals surface area contributed by atoms with Crippen LogP contribution in [0, 0.1) is 0 Å². The smallest absolute Gasteiger partial charge is 0.255 e. The third kappa shape index (κ3) is 3.23. The van der Waals surface area contributed by atoms with Crippen LogP contribution in [0.4, 0.5) is 11.4 Å². The van der Waals surface area contributed by atoms with E-state index in [0.717, 1.165) is 11.4 Å². The number of rotatable bonds is 4. The molecular formula is C16H16N2O2. The first-order valence-corrected chi connectivity index (χ1v) is 6.30.